The molecule has 0 bridgehead atoms. The summed E-state index contributed by atoms with van der Waals surface area (Å²) < 4.78 is 23.6. The smallest absolute Gasteiger partial charge is 0.239 e. The van der Waals surface area contributed by atoms with E-state index in [0.29, 0.717) is 4.21 Å². The van der Waals surface area contributed by atoms with E-state index in [-0.39, 0.29) is 0 Å². The number of hydrogen-bond acceptors (Lipinski definition) is 5. The van der Waals surface area contributed by atoms with Crippen molar-refractivity contribution in [2.24, 2.45) is 0 Å². The first-order chi connectivity index (χ1) is 7.63. The van der Waals surface area contributed by atoms with Gasteiger partial charge in [-0.1, -0.05) is 6.07 Å². The standard InChI is InChI=1S/C10H9NO2S3/c1-14-16(12,13)10-6-5-9(15-10)8-4-2-3-7-11-8/h2-7H,1H3. The molecule has 0 radical (unpaired) electrons. The molecule has 16 heavy (non-hydrogen) atoms. The first kappa shape index (κ1) is 11.6. The fourth-order valence-electron chi connectivity index (χ4n) is 1.18. The Morgan fingerprint density at radius 1 is 1.25 bits per heavy atom. The second kappa shape index (κ2) is 4.57. The number of aromatic nitrogens is 1. The van der Waals surface area contributed by atoms with E-state index in [1.807, 2.05) is 18.2 Å². The van der Waals surface area contributed by atoms with Gasteiger partial charge in [0.2, 0.25) is 8.87 Å². The Balaban J connectivity index is 2.42. The lowest BCUT2D eigenvalue weighted by molar-refractivity contribution is 0.612. The fourth-order valence-corrected chi connectivity index (χ4v) is 4.55. The minimum Gasteiger partial charge on any atom is -0.255 e. The molecule has 2 rings (SSSR count). The Kier molecular flexibility index (Phi) is 3.32. The molecule has 0 spiro atoms. The summed E-state index contributed by atoms with van der Waals surface area (Å²) in [7, 11) is -2.33. The molecule has 0 saturated carbocycles. The maximum Gasteiger partial charge on any atom is 0.239 e. The number of thiophene rings is 1. The van der Waals surface area contributed by atoms with Gasteiger partial charge in [-0.05, 0) is 41.3 Å². The zero-order valence-corrected chi connectivity index (χ0v) is 10.9. The minimum absolute atomic E-state index is 0.376. The lowest BCUT2D eigenvalue weighted by Crippen LogP contribution is -1.88. The molecule has 2 heterocycles. The van der Waals surface area contributed by atoms with Gasteiger partial charge in [-0.3, -0.25) is 4.98 Å². The van der Waals surface area contributed by atoms with Gasteiger partial charge in [0.1, 0.15) is 4.21 Å². The van der Waals surface area contributed by atoms with E-state index in [9.17, 15) is 8.42 Å². The number of nitrogens with zero attached hydrogens (tertiary/aromatic N) is 1. The third kappa shape index (κ3) is 2.28. The van der Waals surface area contributed by atoms with Gasteiger partial charge < -0.3 is 0 Å². The van der Waals surface area contributed by atoms with E-state index in [2.05, 4.69) is 4.98 Å². The van der Waals surface area contributed by atoms with E-state index in [1.165, 1.54) is 11.3 Å². The summed E-state index contributed by atoms with van der Waals surface area (Å²) in [5.74, 6) is 0. The van der Waals surface area contributed by atoms with Gasteiger partial charge in [0.25, 0.3) is 0 Å². The van der Waals surface area contributed by atoms with Crippen molar-refractivity contribution in [1.29, 1.82) is 0 Å². The van der Waals surface area contributed by atoms with Crippen LogP contribution in [0.1, 0.15) is 0 Å². The summed E-state index contributed by atoms with van der Waals surface area (Å²) in [6.07, 6.45) is 3.26. The molecule has 84 valence electrons. The van der Waals surface area contributed by atoms with Crippen molar-refractivity contribution < 1.29 is 8.42 Å². The van der Waals surface area contributed by atoms with Crippen LogP contribution >= 0.6 is 22.1 Å². The first-order valence-corrected chi connectivity index (χ1v) is 8.49. The van der Waals surface area contributed by atoms with E-state index in [0.717, 1.165) is 21.4 Å². The second-order valence-corrected chi connectivity index (χ2v) is 8.29. The van der Waals surface area contributed by atoms with Gasteiger partial charge in [0.15, 0.2) is 0 Å². The summed E-state index contributed by atoms with van der Waals surface area (Å²) in [6, 6.07) is 8.99. The van der Waals surface area contributed by atoms with E-state index in [4.69, 9.17) is 0 Å². The summed E-state index contributed by atoms with van der Waals surface area (Å²) in [6.45, 7) is 0. The van der Waals surface area contributed by atoms with Crippen molar-refractivity contribution in [3.05, 3.63) is 36.5 Å². The van der Waals surface area contributed by atoms with Crippen LogP contribution in [-0.2, 0) is 8.87 Å². The Morgan fingerprint density at radius 2 is 2.06 bits per heavy atom. The molecule has 0 aliphatic heterocycles. The van der Waals surface area contributed by atoms with Gasteiger partial charge in [-0.15, -0.1) is 11.3 Å². The third-order valence-electron chi connectivity index (χ3n) is 1.96. The maximum absolute atomic E-state index is 11.6. The summed E-state index contributed by atoms with van der Waals surface area (Å²) in [4.78, 5) is 5.05. The summed E-state index contributed by atoms with van der Waals surface area (Å²) >= 11 is 1.25. The largest absolute Gasteiger partial charge is 0.255 e. The van der Waals surface area contributed by atoms with Gasteiger partial charge in [-0.2, -0.15) is 0 Å². The summed E-state index contributed by atoms with van der Waals surface area (Å²) in [5.41, 5.74) is 0.801. The Bertz CT molecular complexity index is 575. The Labute approximate surface area is 102 Å². The van der Waals surface area contributed by atoms with Crippen LogP contribution < -0.4 is 0 Å². The van der Waals surface area contributed by atoms with Crippen molar-refractivity contribution in [2.45, 2.75) is 4.21 Å². The summed E-state index contributed by atoms with van der Waals surface area (Å²) in [5, 5.41) is 0. The molecule has 0 amide bonds. The highest BCUT2D eigenvalue weighted by molar-refractivity contribution is 8.72. The molecule has 0 aromatic carbocycles. The van der Waals surface area contributed by atoms with E-state index in [1.54, 1.807) is 24.6 Å². The quantitative estimate of drug-likeness (QED) is 0.805. The van der Waals surface area contributed by atoms with Crippen molar-refractivity contribution in [2.75, 3.05) is 6.26 Å². The van der Waals surface area contributed by atoms with Crippen LogP contribution in [0, 0.1) is 0 Å². The highest BCUT2D eigenvalue weighted by atomic mass is 33.1. The minimum atomic E-state index is -3.18. The SMILES string of the molecule is CSS(=O)(=O)c1ccc(-c2ccccn2)s1. The normalized spacial score (nSPS) is 11.6. The van der Waals surface area contributed by atoms with E-state index < -0.39 is 8.87 Å². The molecule has 0 atom stereocenters. The predicted octanol–water partition coefficient (Wildman–Crippen LogP) is 2.86. The third-order valence-corrected chi connectivity index (χ3v) is 7.01. The van der Waals surface area contributed by atoms with Crippen LogP contribution in [0.4, 0.5) is 0 Å². The predicted molar refractivity (Wildman–Crippen MR) is 68.3 cm³/mol. The van der Waals surface area contributed by atoms with Crippen LogP contribution in [0.15, 0.2) is 40.7 Å². The van der Waals surface area contributed by atoms with Gasteiger partial charge in [-0.25, -0.2) is 8.42 Å². The Morgan fingerprint density at radius 3 is 2.69 bits per heavy atom. The monoisotopic (exact) mass is 271 g/mol. The van der Waals surface area contributed by atoms with Gasteiger partial charge in [0.05, 0.1) is 10.6 Å². The molecular formula is C10H9NO2S3. The molecule has 6 heteroatoms. The zero-order valence-electron chi connectivity index (χ0n) is 8.45. The average molecular weight is 271 g/mol. The molecular weight excluding hydrogens is 262 g/mol. The van der Waals surface area contributed by atoms with Gasteiger partial charge >= 0.3 is 0 Å². The molecule has 0 aliphatic carbocycles. The number of hydrogen-bond donors (Lipinski definition) is 0. The number of pyridine rings is 1. The van der Waals surface area contributed by atoms with Crippen LogP contribution in [0.25, 0.3) is 10.6 Å². The molecule has 2 aromatic heterocycles. The Hall–Kier alpha value is -0.850. The lowest BCUT2D eigenvalue weighted by atomic mass is 10.3. The first-order valence-electron chi connectivity index (χ1n) is 4.45. The van der Waals surface area contributed by atoms with Crippen molar-refractivity contribution >= 4 is 31.0 Å². The molecule has 0 aliphatic rings. The van der Waals surface area contributed by atoms with E-state index >= 15 is 0 Å². The molecule has 0 saturated heterocycles. The zero-order chi connectivity index (χ0) is 11.6. The van der Waals surface area contributed by atoms with Crippen molar-refractivity contribution in [3.8, 4) is 10.6 Å². The molecule has 0 fully saturated rings. The van der Waals surface area contributed by atoms with Crippen molar-refractivity contribution in [3.63, 3.8) is 0 Å². The van der Waals surface area contributed by atoms with Crippen LogP contribution in [0.3, 0.4) is 0 Å². The highest BCUT2D eigenvalue weighted by Crippen LogP contribution is 2.32. The molecule has 0 N–H and O–H groups in total. The molecule has 2 aromatic rings. The fraction of sp³-hybridized carbons (Fsp3) is 0.100. The molecule has 0 unspecified atom stereocenters. The van der Waals surface area contributed by atoms with Crippen LogP contribution in [-0.4, -0.2) is 19.7 Å². The molecule has 3 nitrogen and oxygen atoms in total. The lowest BCUT2D eigenvalue weighted by Gasteiger charge is -1.95. The van der Waals surface area contributed by atoms with Crippen molar-refractivity contribution in [1.82, 2.24) is 4.98 Å². The average Bonchev–Trinajstić information content (AvgIpc) is 2.80. The number of rotatable bonds is 3. The second-order valence-electron chi connectivity index (χ2n) is 2.95. The van der Waals surface area contributed by atoms with Gasteiger partial charge in [0, 0.05) is 6.20 Å². The highest BCUT2D eigenvalue weighted by Gasteiger charge is 2.16. The topological polar surface area (TPSA) is 47.0 Å². The maximum atomic E-state index is 11.6. The van der Waals surface area contributed by atoms with Crippen LogP contribution in [0.5, 0.6) is 0 Å². The van der Waals surface area contributed by atoms with Crippen LogP contribution in [0.2, 0.25) is 0 Å².